The molecule has 2 aliphatic heterocycles. The Balaban J connectivity index is 1.52. The van der Waals surface area contributed by atoms with E-state index < -0.39 is 0 Å². The van der Waals surface area contributed by atoms with Crippen LogP contribution in [0.4, 0.5) is 0 Å². The predicted octanol–water partition coefficient (Wildman–Crippen LogP) is 5.26. The Morgan fingerprint density at radius 2 is 1.86 bits per heavy atom. The van der Waals surface area contributed by atoms with Crippen molar-refractivity contribution in [2.45, 2.75) is 50.0 Å². The fourth-order valence-corrected chi connectivity index (χ4v) is 4.94. The molecule has 2 aliphatic carbocycles. The van der Waals surface area contributed by atoms with Crippen molar-refractivity contribution in [3.63, 3.8) is 0 Å². The van der Waals surface area contributed by atoms with E-state index >= 15 is 0 Å². The molecule has 2 bridgehead atoms. The lowest BCUT2D eigenvalue weighted by Crippen LogP contribution is -2.52. The number of fused-ring (bicyclic) bond motifs is 3. The maximum Gasteiger partial charge on any atom is 0.147 e. The van der Waals surface area contributed by atoms with Gasteiger partial charge in [0.2, 0.25) is 0 Å². The smallest absolute Gasteiger partial charge is 0.147 e. The van der Waals surface area contributed by atoms with Crippen molar-refractivity contribution in [3.8, 4) is 11.3 Å². The van der Waals surface area contributed by atoms with Crippen LogP contribution < -0.4 is 0 Å². The number of aromatic nitrogens is 2. The van der Waals surface area contributed by atoms with Crippen molar-refractivity contribution in [2.24, 2.45) is 5.41 Å². The summed E-state index contributed by atoms with van der Waals surface area (Å²) >= 11 is 12.8. The van der Waals surface area contributed by atoms with Gasteiger partial charge in [-0.25, -0.2) is 0 Å². The molecule has 2 saturated heterocycles. The fourth-order valence-electron chi connectivity index (χ4n) is 4.40. The van der Waals surface area contributed by atoms with E-state index in [0.717, 1.165) is 49.8 Å². The van der Waals surface area contributed by atoms with Crippen LogP contribution in [-0.2, 0) is 4.74 Å². The Morgan fingerprint density at radius 3 is 2.43 bits per heavy atom. The van der Waals surface area contributed by atoms with Crippen molar-refractivity contribution in [3.05, 3.63) is 39.8 Å². The Labute approximate surface area is 173 Å². The van der Waals surface area contributed by atoms with Gasteiger partial charge in [-0.05, 0) is 38.5 Å². The van der Waals surface area contributed by atoms with E-state index in [4.69, 9.17) is 32.5 Å². The summed E-state index contributed by atoms with van der Waals surface area (Å²) in [6.45, 7) is 0.744. The minimum atomic E-state index is -0.324. The summed E-state index contributed by atoms with van der Waals surface area (Å²) in [6, 6.07) is 0. The Morgan fingerprint density at radius 1 is 1.14 bits per heavy atom. The first-order chi connectivity index (χ1) is 13.5. The molecule has 0 aromatic carbocycles. The summed E-state index contributed by atoms with van der Waals surface area (Å²) in [5, 5.41) is 14.9. The van der Waals surface area contributed by atoms with Gasteiger partial charge in [0.05, 0.1) is 28.9 Å². The third-order valence-electron chi connectivity index (χ3n) is 6.51. The predicted molar refractivity (Wildman–Crippen MR) is 107 cm³/mol. The zero-order valence-electron chi connectivity index (χ0n) is 15.5. The minimum absolute atomic E-state index is 0.00187. The average Bonchev–Trinajstić information content (AvgIpc) is 3.48. The van der Waals surface area contributed by atoms with Gasteiger partial charge in [-0.1, -0.05) is 40.5 Å². The van der Waals surface area contributed by atoms with Crippen molar-refractivity contribution in [2.75, 3.05) is 13.2 Å². The van der Waals surface area contributed by atoms with Crippen LogP contribution >= 0.6 is 23.2 Å². The SMILES string of the molecule is OCC12CCC(/C=C/c3c(-c4c(Cl)cncc4Cl)noc3C3CC3)(CC1)CO2. The van der Waals surface area contributed by atoms with Gasteiger partial charge in [0.25, 0.3) is 0 Å². The highest BCUT2D eigenvalue weighted by molar-refractivity contribution is 6.39. The molecular weight excluding hydrogens is 399 g/mol. The molecule has 28 heavy (non-hydrogen) atoms. The highest BCUT2D eigenvalue weighted by atomic mass is 35.5. The molecule has 0 amide bonds. The lowest BCUT2D eigenvalue weighted by molar-refractivity contribution is -0.185. The number of hydrogen-bond donors (Lipinski definition) is 1. The van der Waals surface area contributed by atoms with E-state index in [1.807, 2.05) is 0 Å². The summed E-state index contributed by atoms with van der Waals surface area (Å²) in [6.07, 6.45) is 13.5. The van der Waals surface area contributed by atoms with Crippen LogP contribution in [0.5, 0.6) is 0 Å². The van der Waals surface area contributed by atoms with Gasteiger partial charge in [0, 0.05) is 34.9 Å². The number of aliphatic hydroxyl groups excluding tert-OH is 1. The second-order valence-corrected chi connectivity index (χ2v) is 9.20. The van der Waals surface area contributed by atoms with E-state index in [9.17, 15) is 5.11 Å². The molecular formula is C21H22Cl2N2O3. The number of aliphatic hydroxyl groups is 1. The first-order valence-electron chi connectivity index (χ1n) is 9.78. The van der Waals surface area contributed by atoms with Crippen molar-refractivity contribution < 1.29 is 14.4 Å². The lowest BCUT2D eigenvalue weighted by atomic mass is 9.66. The number of nitrogens with zero attached hydrogens (tertiary/aromatic N) is 2. The highest BCUT2D eigenvalue weighted by Gasteiger charge is 2.48. The third kappa shape index (κ3) is 3.09. The number of ether oxygens (including phenoxy) is 1. The second-order valence-electron chi connectivity index (χ2n) is 8.39. The molecule has 4 aliphatic rings. The average molecular weight is 421 g/mol. The lowest BCUT2D eigenvalue weighted by Gasteiger charge is -2.51. The molecule has 4 heterocycles. The van der Waals surface area contributed by atoms with Gasteiger partial charge in [-0.2, -0.15) is 0 Å². The van der Waals surface area contributed by atoms with Crippen molar-refractivity contribution >= 4 is 29.3 Å². The molecule has 0 unspecified atom stereocenters. The number of hydrogen-bond acceptors (Lipinski definition) is 5. The van der Waals surface area contributed by atoms with Crippen molar-refractivity contribution in [1.82, 2.24) is 10.1 Å². The largest absolute Gasteiger partial charge is 0.393 e. The van der Waals surface area contributed by atoms with Crippen LogP contribution in [0.25, 0.3) is 17.3 Å². The maximum absolute atomic E-state index is 9.66. The van der Waals surface area contributed by atoms with Crippen LogP contribution in [0.2, 0.25) is 10.0 Å². The molecule has 6 rings (SSSR count). The molecule has 2 aromatic heterocycles. The van der Waals surface area contributed by atoms with Gasteiger partial charge in [0.15, 0.2) is 0 Å². The fraction of sp³-hybridized carbons (Fsp3) is 0.524. The second kappa shape index (κ2) is 6.84. The van der Waals surface area contributed by atoms with Crippen LogP contribution in [0.3, 0.4) is 0 Å². The Kier molecular flexibility index (Phi) is 4.55. The van der Waals surface area contributed by atoms with Gasteiger partial charge in [0.1, 0.15) is 11.5 Å². The van der Waals surface area contributed by atoms with Gasteiger partial charge in [-0.3, -0.25) is 4.98 Å². The molecule has 5 nitrogen and oxygen atoms in total. The summed E-state index contributed by atoms with van der Waals surface area (Å²) in [5.41, 5.74) is 1.96. The molecule has 0 spiro atoms. The number of pyridine rings is 1. The van der Waals surface area contributed by atoms with E-state index in [1.54, 1.807) is 12.4 Å². The molecule has 2 saturated carbocycles. The number of halogens is 2. The van der Waals surface area contributed by atoms with E-state index in [-0.39, 0.29) is 17.6 Å². The van der Waals surface area contributed by atoms with E-state index in [1.165, 1.54) is 0 Å². The zero-order valence-corrected chi connectivity index (χ0v) is 17.0. The quantitative estimate of drug-likeness (QED) is 0.714. The van der Waals surface area contributed by atoms with E-state index in [0.29, 0.717) is 33.8 Å². The van der Waals surface area contributed by atoms with Gasteiger partial charge >= 0.3 is 0 Å². The molecule has 4 fully saturated rings. The molecule has 7 heteroatoms. The highest BCUT2D eigenvalue weighted by Crippen LogP contribution is 2.51. The van der Waals surface area contributed by atoms with Crippen LogP contribution in [-0.4, -0.2) is 34.1 Å². The molecule has 2 aromatic rings. The summed E-state index contributed by atoms with van der Waals surface area (Å²) in [4.78, 5) is 4.04. The normalized spacial score (nSPS) is 29.7. The first kappa shape index (κ1) is 18.6. The van der Waals surface area contributed by atoms with E-state index in [2.05, 4.69) is 22.3 Å². The molecule has 1 N–H and O–H groups in total. The maximum atomic E-state index is 9.66. The standard InChI is InChI=1S/C21H22Cl2N2O3/c22-15-9-24-10-16(23)17(15)18-14(19(28-25-18)13-1-2-13)3-4-20-5-7-21(11-26,8-6-20)27-12-20/h3-4,9-10,13,26H,1-2,5-8,11-12H2/b4-3+. The molecule has 0 radical (unpaired) electrons. The topological polar surface area (TPSA) is 68.4 Å². The van der Waals surface area contributed by atoms with Crippen LogP contribution in [0.1, 0.15) is 55.8 Å². The van der Waals surface area contributed by atoms with Crippen LogP contribution in [0.15, 0.2) is 23.0 Å². The first-order valence-corrected chi connectivity index (χ1v) is 10.5. The van der Waals surface area contributed by atoms with Crippen molar-refractivity contribution in [1.29, 1.82) is 0 Å². The monoisotopic (exact) mass is 420 g/mol. The van der Waals surface area contributed by atoms with Crippen LogP contribution in [0, 0.1) is 5.41 Å². The molecule has 148 valence electrons. The third-order valence-corrected chi connectivity index (χ3v) is 7.08. The minimum Gasteiger partial charge on any atom is -0.393 e. The zero-order chi connectivity index (χ0) is 19.4. The molecule has 0 atom stereocenters. The Hall–Kier alpha value is -1.40. The van der Waals surface area contributed by atoms with Gasteiger partial charge < -0.3 is 14.4 Å². The number of rotatable bonds is 5. The van der Waals surface area contributed by atoms with Gasteiger partial charge in [-0.15, -0.1) is 0 Å². The summed E-state index contributed by atoms with van der Waals surface area (Å²) in [5.74, 6) is 1.32. The Bertz CT molecular complexity index is 891. The summed E-state index contributed by atoms with van der Waals surface area (Å²) < 4.78 is 11.8. The summed E-state index contributed by atoms with van der Waals surface area (Å²) in [7, 11) is 0.